The van der Waals surface area contributed by atoms with Gasteiger partial charge in [-0.2, -0.15) is 0 Å². The first-order chi connectivity index (χ1) is 10.8. The van der Waals surface area contributed by atoms with Crippen molar-refractivity contribution in [1.82, 2.24) is 15.0 Å². The third kappa shape index (κ3) is 2.23. The van der Waals surface area contributed by atoms with E-state index in [1.54, 1.807) is 18.6 Å². The second-order valence-corrected chi connectivity index (χ2v) is 5.35. The molecule has 22 heavy (non-hydrogen) atoms. The summed E-state index contributed by atoms with van der Waals surface area (Å²) < 4.78 is 0. The van der Waals surface area contributed by atoms with Crippen LogP contribution in [0.25, 0.3) is 21.7 Å². The van der Waals surface area contributed by atoms with E-state index in [9.17, 15) is 0 Å². The Hall–Kier alpha value is -2.72. The molecule has 0 aliphatic carbocycles. The van der Waals surface area contributed by atoms with E-state index in [0.29, 0.717) is 5.02 Å². The van der Waals surface area contributed by atoms with E-state index in [1.165, 1.54) is 0 Å². The molecule has 0 aliphatic heterocycles. The minimum absolute atomic E-state index is 0.679. The van der Waals surface area contributed by atoms with Crippen molar-refractivity contribution < 1.29 is 0 Å². The number of nitrogens with zero attached hydrogens (tertiary/aromatic N) is 3. The third-order valence-corrected chi connectivity index (χ3v) is 3.72. The second kappa shape index (κ2) is 5.24. The van der Waals surface area contributed by atoms with Crippen LogP contribution in [0.3, 0.4) is 0 Å². The van der Waals surface area contributed by atoms with Gasteiger partial charge in [-0.1, -0.05) is 17.7 Å². The van der Waals surface area contributed by atoms with Crippen LogP contribution in [0, 0.1) is 0 Å². The fourth-order valence-electron chi connectivity index (χ4n) is 2.50. The summed E-state index contributed by atoms with van der Waals surface area (Å²) in [5.74, 6) is 0.764. The number of halogens is 1. The number of pyridine rings is 3. The Morgan fingerprint density at radius 3 is 2.55 bits per heavy atom. The predicted molar refractivity (Wildman–Crippen MR) is 89.6 cm³/mol. The average molecular weight is 307 g/mol. The molecular weight excluding hydrogens is 296 g/mol. The van der Waals surface area contributed by atoms with Crippen molar-refractivity contribution in [2.45, 2.75) is 0 Å². The minimum atomic E-state index is 0.679. The molecule has 4 aromatic rings. The van der Waals surface area contributed by atoms with Gasteiger partial charge in [0.05, 0.1) is 11.7 Å². The van der Waals surface area contributed by atoms with Crippen LogP contribution in [0.15, 0.2) is 61.2 Å². The van der Waals surface area contributed by atoms with Crippen molar-refractivity contribution in [2.24, 2.45) is 0 Å². The molecule has 0 saturated heterocycles. The first-order valence-corrected chi connectivity index (χ1v) is 7.19. The number of nitrogens with one attached hydrogen (secondary N) is 1. The first-order valence-electron chi connectivity index (χ1n) is 6.81. The number of anilines is 2. The van der Waals surface area contributed by atoms with Gasteiger partial charge in [0.1, 0.15) is 5.82 Å². The molecule has 3 heterocycles. The summed E-state index contributed by atoms with van der Waals surface area (Å²) in [5.41, 5.74) is 1.72. The quantitative estimate of drug-likeness (QED) is 0.551. The van der Waals surface area contributed by atoms with Gasteiger partial charge in [-0.15, -0.1) is 0 Å². The van der Waals surface area contributed by atoms with Crippen LogP contribution in [0.1, 0.15) is 0 Å². The molecule has 0 atom stereocenters. The molecule has 0 spiro atoms. The summed E-state index contributed by atoms with van der Waals surface area (Å²) in [4.78, 5) is 13.1. The highest BCUT2D eigenvalue weighted by Crippen LogP contribution is 2.30. The Bertz CT molecular complexity index is 984. The molecule has 0 unspecified atom stereocenters. The van der Waals surface area contributed by atoms with E-state index < -0.39 is 0 Å². The molecule has 106 valence electrons. The van der Waals surface area contributed by atoms with Gasteiger partial charge < -0.3 is 5.32 Å². The number of fused-ring (bicyclic) bond motifs is 3. The second-order valence-electron chi connectivity index (χ2n) is 4.91. The Kier molecular flexibility index (Phi) is 3.09. The van der Waals surface area contributed by atoms with Gasteiger partial charge in [-0.05, 0) is 30.3 Å². The number of hydrogen-bond donors (Lipinski definition) is 1. The van der Waals surface area contributed by atoms with Crippen LogP contribution in [0.5, 0.6) is 0 Å². The molecule has 1 N–H and O–H groups in total. The van der Waals surface area contributed by atoms with E-state index >= 15 is 0 Å². The van der Waals surface area contributed by atoms with Crippen LogP contribution < -0.4 is 5.32 Å². The number of aromatic nitrogens is 3. The van der Waals surface area contributed by atoms with Gasteiger partial charge in [0, 0.05) is 45.5 Å². The fraction of sp³-hybridized carbons (Fsp3) is 0. The summed E-state index contributed by atoms with van der Waals surface area (Å²) in [6.07, 6.45) is 7.13. The van der Waals surface area contributed by atoms with Gasteiger partial charge in [-0.25, -0.2) is 4.98 Å². The zero-order valence-electron chi connectivity index (χ0n) is 11.5. The summed E-state index contributed by atoms with van der Waals surface area (Å²) in [6.45, 7) is 0. The molecule has 0 radical (unpaired) electrons. The first kappa shape index (κ1) is 13.0. The van der Waals surface area contributed by atoms with Gasteiger partial charge in [0.15, 0.2) is 0 Å². The number of hydrogen-bond acceptors (Lipinski definition) is 4. The molecule has 0 aliphatic rings. The van der Waals surface area contributed by atoms with Crippen molar-refractivity contribution in [2.75, 3.05) is 5.32 Å². The van der Waals surface area contributed by atoms with Crippen molar-refractivity contribution in [1.29, 1.82) is 0 Å². The van der Waals surface area contributed by atoms with E-state index in [0.717, 1.165) is 33.2 Å². The molecule has 4 rings (SSSR count). The zero-order chi connectivity index (χ0) is 14.9. The van der Waals surface area contributed by atoms with Crippen molar-refractivity contribution in [3.63, 3.8) is 0 Å². The Morgan fingerprint density at radius 2 is 1.68 bits per heavy atom. The Morgan fingerprint density at radius 1 is 0.864 bits per heavy atom. The lowest BCUT2D eigenvalue weighted by molar-refractivity contribution is 1.30. The summed E-state index contributed by atoms with van der Waals surface area (Å²) in [5, 5.41) is 7.09. The lowest BCUT2D eigenvalue weighted by Gasteiger charge is -2.11. The van der Waals surface area contributed by atoms with Crippen molar-refractivity contribution >= 4 is 44.8 Å². The van der Waals surface area contributed by atoms with Gasteiger partial charge in [0.2, 0.25) is 0 Å². The molecule has 0 amide bonds. The standard InChI is InChI=1S/C17H11ClN4/c18-11-2-1-3-12(8-11)21-17-14-5-7-19-9-15(14)13-4-6-20-10-16(13)22-17/h1-10H,(H,21,22). The van der Waals surface area contributed by atoms with Gasteiger partial charge >= 0.3 is 0 Å². The van der Waals surface area contributed by atoms with Crippen LogP contribution >= 0.6 is 11.6 Å². The van der Waals surface area contributed by atoms with E-state index in [-0.39, 0.29) is 0 Å². The minimum Gasteiger partial charge on any atom is -0.340 e. The average Bonchev–Trinajstić information content (AvgIpc) is 2.55. The molecule has 1 aromatic carbocycles. The van der Waals surface area contributed by atoms with Crippen molar-refractivity contribution in [3.05, 3.63) is 66.2 Å². The molecule has 3 aromatic heterocycles. The monoisotopic (exact) mass is 306 g/mol. The number of rotatable bonds is 2. The van der Waals surface area contributed by atoms with E-state index in [4.69, 9.17) is 11.6 Å². The zero-order valence-corrected chi connectivity index (χ0v) is 12.2. The third-order valence-electron chi connectivity index (χ3n) is 3.49. The highest BCUT2D eigenvalue weighted by molar-refractivity contribution is 6.30. The molecule has 0 bridgehead atoms. The maximum absolute atomic E-state index is 6.04. The molecule has 5 heteroatoms. The normalized spacial score (nSPS) is 11.0. The maximum atomic E-state index is 6.04. The largest absolute Gasteiger partial charge is 0.340 e. The molecule has 0 saturated carbocycles. The highest BCUT2D eigenvalue weighted by atomic mass is 35.5. The van der Waals surface area contributed by atoms with Crippen LogP contribution in [-0.4, -0.2) is 15.0 Å². The fourth-order valence-corrected chi connectivity index (χ4v) is 2.69. The summed E-state index contributed by atoms with van der Waals surface area (Å²) in [6, 6.07) is 11.5. The lowest BCUT2D eigenvalue weighted by Crippen LogP contribution is -1.96. The van der Waals surface area contributed by atoms with Crippen LogP contribution in [0.4, 0.5) is 11.5 Å². The molecular formula is C17H11ClN4. The van der Waals surface area contributed by atoms with E-state index in [2.05, 4.69) is 20.3 Å². The van der Waals surface area contributed by atoms with Crippen molar-refractivity contribution in [3.8, 4) is 0 Å². The SMILES string of the molecule is Clc1cccc(Nc2nc3cnccc3c3cnccc23)c1. The predicted octanol–water partition coefficient (Wildman–Crippen LogP) is 4.58. The van der Waals surface area contributed by atoms with Gasteiger partial charge in [-0.3, -0.25) is 9.97 Å². The molecule has 0 fully saturated rings. The van der Waals surface area contributed by atoms with Crippen LogP contribution in [-0.2, 0) is 0 Å². The summed E-state index contributed by atoms with van der Waals surface area (Å²) >= 11 is 6.04. The molecule has 4 nitrogen and oxygen atoms in total. The highest BCUT2D eigenvalue weighted by Gasteiger charge is 2.08. The van der Waals surface area contributed by atoms with Crippen LogP contribution in [0.2, 0.25) is 5.02 Å². The maximum Gasteiger partial charge on any atom is 0.139 e. The topological polar surface area (TPSA) is 50.7 Å². The lowest BCUT2D eigenvalue weighted by atomic mass is 10.1. The Labute approximate surface area is 131 Å². The smallest absolute Gasteiger partial charge is 0.139 e. The van der Waals surface area contributed by atoms with E-state index in [1.807, 2.05) is 42.6 Å². The summed E-state index contributed by atoms with van der Waals surface area (Å²) in [7, 11) is 0. The Balaban J connectivity index is 1.95. The van der Waals surface area contributed by atoms with Gasteiger partial charge in [0.25, 0.3) is 0 Å². The number of benzene rings is 1.